The molecule has 0 radical (unpaired) electrons. The van der Waals surface area contributed by atoms with E-state index in [1.165, 1.54) is 12.1 Å². The number of alkyl halides is 1. The van der Waals surface area contributed by atoms with Crippen LogP contribution in [0.25, 0.3) is 28.5 Å². The Kier molecular flexibility index (Phi) is 10.8. The molecule has 3 aromatic rings. The van der Waals surface area contributed by atoms with E-state index in [1.807, 2.05) is 71.0 Å². The average molecular weight is 677 g/mol. The van der Waals surface area contributed by atoms with E-state index in [4.69, 9.17) is 30.8 Å². The van der Waals surface area contributed by atoms with Gasteiger partial charge in [-0.3, -0.25) is 14.6 Å². The molecule has 1 aliphatic carbocycles. The minimum absolute atomic E-state index is 0.0481. The van der Waals surface area contributed by atoms with Gasteiger partial charge in [-0.2, -0.15) is 0 Å². The number of rotatable bonds is 8. The molecule has 2 heterocycles. The third-order valence-electron chi connectivity index (χ3n) is 8.36. The fourth-order valence-corrected chi connectivity index (χ4v) is 6.65. The molecule has 5 rings (SSSR count). The van der Waals surface area contributed by atoms with Crippen molar-refractivity contribution >= 4 is 35.2 Å². The van der Waals surface area contributed by atoms with Crippen LogP contribution in [0.15, 0.2) is 48.5 Å². The molecule has 2 aromatic carbocycles. The standard InChI is InChI=1S/C39H46ClFN2O5/c1-23(2)36-31(18-17-28-20-29(47-39(6,7)46-28)21-34(45)48-38(3,4)5)35(25-11-14-26(41)15-12-25)30-10-8-9-24-13-16-27(42-33(44)22-40)19-32(24)37(30)43-36/h11-19,23,28-29H,8-10,20-22H2,1-7H3,(H,42,44)/t28-,29-/m1/s1. The molecule has 1 amide bonds. The molecule has 2 atom stereocenters. The number of carbonyl (C=O) groups is 2. The lowest BCUT2D eigenvalue weighted by Crippen LogP contribution is -2.45. The van der Waals surface area contributed by atoms with Crippen LogP contribution in [0.1, 0.15) is 96.0 Å². The van der Waals surface area contributed by atoms with Gasteiger partial charge in [-0.1, -0.05) is 44.2 Å². The summed E-state index contributed by atoms with van der Waals surface area (Å²) in [6.07, 6.45) is 6.50. The highest BCUT2D eigenvalue weighted by Crippen LogP contribution is 2.43. The first kappa shape index (κ1) is 35.7. The van der Waals surface area contributed by atoms with Crippen LogP contribution in [0.3, 0.4) is 0 Å². The first-order valence-electron chi connectivity index (χ1n) is 16.7. The normalized spacial score (nSPS) is 19.0. The van der Waals surface area contributed by atoms with Gasteiger partial charge in [-0.05, 0) is 106 Å². The topological polar surface area (TPSA) is 86.8 Å². The Bertz CT molecular complexity index is 1690. The van der Waals surface area contributed by atoms with Crippen LogP contribution in [-0.2, 0) is 36.6 Å². The summed E-state index contributed by atoms with van der Waals surface area (Å²) in [5, 5.41) is 2.88. The number of halogens is 2. The largest absolute Gasteiger partial charge is 0.460 e. The first-order chi connectivity index (χ1) is 22.6. The fraction of sp³-hybridized carbons (Fsp3) is 0.462. The molecule has 256 valence electrons. The number of benzene rings is 2. The maximum atomic E-state index is 14.2. The molecule has 1 N–H and O–H groups in total. The Morgan fingerprint density at radius 3 is 2.52 bits per heavy atom. The summed E-state index contributed by atoms with van der Waals surface area (Å²) >= 11 is 5.79. The maximum Gasteiger partial charge on any atom is 0.308 e. The van der Waals surface area contributed by atoms with Crippen LogP contribution in [0, 0.1) is 5.82 Å². The Labute approximate surface area is 288 Å². The second-order valence-corrected chi connectivity index (χ2v) is 14.6. The predicted molar refractivity (Wildman–Crippen MR) is 188 cm³/mol. The van der Waals surface area contributed by atoms with Gasteiger partial charge in [-0.25, -0.2) is 4.39 Å². The second kappa shape index (κ2) is 14.5. The van der Waals surface area contributed by atoms with Crippen LogP contribution in [0.2, 0.25) is 0 Å². The summed E-state index contributed by atoms with van der Waals surface area (Å²) in [5.74, 6) is -1.89. The Hall–Kier alpha value is -3.59. The van der Waals surface area contributed by atoms with Gasteiger partial charge in [0.15, 0.2) is 5.79 Å². The number of ether oxygens (including phenoxy) is 3. The van der Waals surface area contributed by atoms with E-state index in [0.29, 0.717) is 12.1 Å². The number of nitrogens with one attached hydrogen (secondary N) is 1. The molecule has 1 fully saturated rings. The molecule has 0 spiro atoms. The lowest BCUT2D eigenvalue weighted by molar-refractivity contribution is -0.290. The molecule has 7 nitrogen and oxygen atoms in total. The van der Waals surface area contributed by atoms with Crippen LogP contribution in [0.5, 0.6) is 0 Å². The number of esters is 1. The minimum Gasteiger partial charge on any atom is -0.460 e. The van der Waals surface area contributed by atoms with Gasteiger partial charge in [0.1, 0.15) is 17.3 Å². The highest BCUT2D eigenvalue weighted by atomic mass is 35.5. The number of fused-ring (bicyclic) bond motifs is 3. The molecular formula is C39H46ClFN2O5. The molecule has 0 saturated carbocycles. The average Bonchev–Trinajstić information content (AvgIpc) is 3.17. The lowest BCUT2D eigenvalue weighted by Gasteiger charge is -2.40. The highest BCUT2D eigenvalue weighted by Gasteiger charge is 2.36. The van der Waals surface area contributed by atoms with E-state index in [1.54, 1.807) is 0 Å². The highest BCUT2D eigenvalue weighted by molar-refractivity contribution is 6.29. The monoisotopic (exact) mass is 676 g/mol. The number of aromatic nitrogens is 1. The van der Waals surface area contributed by atoms with Crippen molar-refractivity contribution in [1.82, 2.24) is 4.98 Å². The van der Waals surface area contributed by atoms with Crippen molar-refractivity contribution in [3.05, 3.63) is 76.7 Å². The van der Waals surface area contributed by atoms with Gasteiger partial charge in [-0.15, -0.1) is 11.6 Å². The van der Waals surface area contributed by atoms with E-state index in [-0.39, 0.29) is 48.1 Å². The van der Waals surface area contributed by atoms with Crippen molar-refractivity contribution in [2.45, 2.75) is 110 Å². The van der Waals surface area contributed by atoms with Crippen LogP contribution in [-0.4, -0.2) is 46.3 Å². The molecule has 48 heavy (non-hydrogen) atoms. The van der Waals surface area contributed by atoms with Crippen molar-refractivity contribution in [2.75, 3.05) is 11.2 Å². The quantitative estimate of drug-likeness (QED) is 0.189. The molecule has 1 aliphatic heterocycles. The molecule has 2 aliphatic rings. The SMILES string of the molecule is CC(C)c1nc2c(c(-c3ccc(F)cc3)c1C=C[C@@H]1C[C@H](CC(=O)OC(C)(C)C)OC(C)(C)O1)CCCc1ccc(NC(=O)CCl)cc1-2. The zero-order chi connectivity index (χ0) is 34.8. The van der Waals surface area contributed by atoms with Crippen molar-refractivity contribution < 1.29 is 28.2 Å². The van der Waals surface area contributed by atoms with Gasteiger partial charge in [0.05, 0.1) is 30.0 Å². The number of anilines is 1. The second-order valence-electron chi connectivity index (χ2n) is 14.4. The van der Waals surface area contributed by atoms with Crippen molar-refractivity contribution in [3.63, 3.8) is 0 Å². The van der Waals surface area contributed by atoms with Crippen molar-refractivity contribution in [2.24, 2.45) is 0 Å². The molecule has 9 heteroatoms. The zero-order valence-electron chi connectivity index (χ0n) is 28.9. The number of carbonyl (C=O) groups excluding carboxylic acids is 2. The zero-order valence-corrected chi connectivity index (χ0v) is 29.7. The number of aryl methyl sites for hydroxylation is 1. The van der Waals surface area contributed by atoms with Gasteiger partial charge in [0, 0.05) is 23.2 Å². The summed E-state index contributed by atoms with van der Waals surface area (Å²) in [4.78, 5) is 30.2. The molecule has 0 unspecified atom stereocenters. The summed E-state index contributed by atoms with van der Waals surface area (Å²) in [6, 6.07) is 12.5. The smallest absolute Gasteiger partial charge is 0.308 e. The van der Waals surface area contributed by atoms with Crippen LogP contribution >= 0.6 is 11.6 Å². The number of pyridine rings is 1. The number of hydrogen-bond donors (Lipinski definition) is 1. The van der Waals surface area contributed by atoms with E-state index in [2.05, 4.69) is 25.2 Å². The fourth-order valence-electron chi connectivity index (χ4n) is 6.59. The van der Waals surface area contributed by atoms with Crippen LogP contribution < -0.4 is 5.32 Å². The molecular weight excluding hydrogens is 631 g/mol. The van der Waals surface area contributed by atoms with E-state index < -0.39 is 11.4 Å². The molecule has 1 aromatic heterocycles. The third kappa shape index (κ3) is 8.70. The van der Waals surface area contributed by atoms with E-state index in [0.717, 1.165) is 64.0 Å². The first-order valence-corrected chi connectivity index (χ1v) is 17.2. The van der Waals surface area contributed by atoms with Gasteiger partial charge in [0.2, 0.25) is 5.91 Å². The van der Waals surface area contributed by atoms with Gasteiger partial charge >= 0.3 is 5.97 Å². The number of hydrogen-bond acceptors (Lipinski definition) is 6. The van der Waals surface area contributed by atoms with E-state index in [9.17, 15) is 14.0 Å². The number of nitrogens with zero attached hydrogens (tertiary/aromatic N) is 1. The number of amides is 1. The maximum absolute atomic E-state index is 14.2. The van der Waals surface area contributed by atoms with Crippen LogP contribution in [0.4, 0.5) is 10.1 Å². The van der Waals surface area contributed by atoms with Crippen molar-refractivity contribution in [3.8, 4) is 22.4 Å². The molecule has 0 bridgehead atoms. The Morgan fingerprint density at radius 2 is 1.85 bits per heavy atom. The Morgan fingerprint density at radius 1 is 1.12 bits per heavy atom. The molecule has 1 saturated heterocycles. The summed E-state index contributed by atoms with van der Waals surface area (Å²) in [7, 11) is 0. The van der Waals surface area contributed by atoms with Crippen molar-refractivity contribution in [1.29, 1.82) is 0 Å². The summed E-state index contributed by atoms with van der Waals surface area (Å²) < 4.78 is 32.3. The van der Waals surface area contributed by atoms with E-state index >= 15 is 0 Å². The summed E-state index contributed by atoms with van der Waals surface area (Å²) in [6.45, 7) is 13.5. The lowest BCUT2D eigenvalue weighted by atomic mass is 9.86. The van der Waals surface area contributed by atoms with Gasteiger partial charge in [0.25, 0.3) is 0 Å². The predicted octanol–water partition coefficient (Wildman–Crippen LogP) is 9.00. The minimum atomic E-state index is -0.910. The third-order valence-corrected chi connectivity index (χ3v) is 8.60. The summed E-state index contributed by atoms with van der Waals surface area (Å²) in [5.41, 5.74) is 7.87. The van der Waals surface area contributed by atoms with Gasteiger partial charge < -0.3 is 19.5 Å². The Balaban J connectivity index is 1.62.